The maximum absolute atomic E-state index is 11.6. The molecule has 1 aromatic rings. The monoisotopic (exact) mass is 279 g/mol. The van der Waals surface area contributed by atoms with E-state index in [2.05, 4.69) is 15.8 Å². The summed E-state index contributed by atoms with van der Waals surface area (Å²) in [5, 5.41) is 6.97. The van der Waals surface area contributed by atoms with Crippen molar-refractivity contribution in [3.63, 3.8) is 0 Å². The third kappa shape index (κ3) is 4.06. The first-order chi connectivity index (χ1) is 9.15. The summed E-state index contributed by atoms with van der Waals surface area (Å²) in [5.41, 5.74) is 3.72. The molecule has 1 fully saturated rings. The zero-order valence-electron chi connectivity index (χ0n) is 10.3. The van der Waals surface area contributed by atoms with Gasteiger partial charge in [0.2, 0.25) is 0 Å². The molecule has 1 aliphatic carbocycles. The highest BCUT2D eigenvalue weighted by Gasteiger charge is 2.14. The molecule has 5 nitrogen and oxygen atoms in total. The molecule has 0 spiro atoms. The van der Waals surface area contributed by atoms with Crippen molar-refractivity contribution < 1.29 is 9.59 Å². The Morgan fingerprint density at radius 2 is 1.68 bits per heavy atom. The molecule has 0 bridgehead atoms. The van der Waals surface area contributed by atoms with Crippen molar-refractivity contribution in [1.29, 1.82) is 0 Å². The smallest absolute Gasteiger partial charge is 0.318 e. The van der Waals surface area contributed by atoms with Crippen LogP contribution in [0.1, 0.15) is 25.7 Å². The van der Waals surface area contributed by atoms with Gasteiger partial charge in [-0.15, -0.1) is 0 Å². The second kappa shape index (κ2) is 6.33. The standard InChI is InChI=1S/C13H14ClN3O2/c14-9-5-7-10(8-6-9)15-12(18)13(19)17-16-11-3-1-2-4-11/h5-8H,1-4H2,(H,15,18)(H,17,19). The Labute approximate surface area is 116 Å². The number of amides is 2. The molecule has 6 heteroatoms. The molecule has 2 rings (SSSR count). The lowest BCUT2D eigenvalue weighted by Crippen LogP contribution is -2.32. The fourth-order valence-corrected chi connectivity index (χ4v) is 1.92. The molecule has 1 aromatic carbocycles. The summed E-state index contributed by atoms with van der Waals surface area (Å²) in [6, 6.07) is 6.51. The lowest BCUT2D eigenvalue weighted by Gasteiger charge is -2.04. The van der Waals surface area contributed by atoms with Gasteiger partial charge >= 0.3 is 11.8 Å². The Balaban J connectivity index is 1.87. The Kier molecular flexibility index (Phi) is 4.52. The van der Waals surface area contributed by atoms with Gasteiger partial charge in [0.05, 0.1) is 0 Å². The van der Waals surface area contributed by atoms with E-state index in [1.54, 1.807) is 24.3 Å². The highest BCUT2D eigenvalue weighted by molar-refractivity contribution is 6.39. The summed E-state index contributed by atoms with van der Waals surface area (Å²) in [6.45, 7) is 0. The number of hydrazone groups is 1. The number of hydrogen-bond acceptors (Lipinski definition) is 3. The summed E-state index contributed by atoms with van der Waals surface area (Å²) >= 11 is 5.72. The molecule has 0 saturated heterocycles. The van der Waals surface area contributed by atoms with E-state index in [0.717, 1.165) is 31.4 Å². The third-order valence-corrected chi connectivity index (χ3v) is 3.06. The van der Waals surface area contributed by atoms with Crippen LogP contribution in [0.4, 0.5) is 5.69 Å². The highest BCUT2D eigenvalue weighted by Crippen LogP contribution is 2.14. The zero-order chi connectivity index (χ0) is 13.7. The van der Waals surface area contributed by atoms with Gasteiger partial charge in [-0.1, -0.05) is 11.6 Å². The third-order valence-electron chi connectivity index (χ3n) is 2.80. The Morgan fingerprint density at radius 3 is 2.32 bits per heavy atom. The van der Waals surface area contributed by atoms with Gasteiger partial charge in [0.25, 0.3) is 0 Å². The van der Waals surface area contributed by atoms with E-state index >= 15 is 0 Å². The number of rotatable bonds is 2. The molecule has 1 aliphatic rings. The lowest BCUT2D eigenvalue weighted by atomic mass is 10.3. The van der Waals surface area contributed by atoms with Crippen molar-refractivity contribution in [2.45, 2.75) is 25.7 Å². The number of carbonyl (C=O) groups is 2. The summed E-state index contributed by atoms with van der Waals surface area (Å²) in [5.74, 6) is -1.51. The van der Waals surface area contributed by atoms with E-state index in [1.165, 1.54) is 0 Å². The normalized spacial score (nSPS) is 14.1. The second-order valence-corrected chi connectivity index (χ2v) is 4.72. The Hall–Kier alpha value is -1.88. The SMILES string of the molecule is O=C(NN=C1CCCC1)C(=O)Nc1ccc(Cl)cc1. The van der Waals surface area contributed by atoms with Crippen LogP contribution in [0.25, 0.3) is 0 Å². The van der Waals surface area contributed by atoms with Crippen molar-refractivity contribution in [2.75, 3.05) is 5.32 Å². The lowest BCUT2D eigenvalue weighted by molar-refractivity contribution is -0.136. The average molecular weight is 280 g/mol. The predicted molar refractivity (Wildman–Crippen MR) is 74.1 cm³/mol. The van der Waals surface area contributed by atoms with Crippen molar-refractivity contribution in [3.8, 4) is 0 Å². The number of carbonyl (C=O) groups excluding carboxylic acids is 2. The minimum Gasteiger partial charge on any atom is -0.318 e. The van der Waals surface area contributed by atoms with Gasteiger partial charge in [-0.2, -0.15) is 5.10 Å². The molecule has 0 aromatic heterocycles. The Morgan fingerprint density at radius 1 is 1.05 bits per heavy atom. The van der Waals surface area contributed by atoms with E-state index in [-0.39, 0.29) is 0 Å². The first kappa shape index (κ1) is 13.5. The van der Waals surface area contributed by atoms with E-state index in [9.17, 15) is 9.59 Å². The van der Waals surface area contributed by atoms with Gasteiger partial charge in [-0.05, 0) is 49.9 Å². The molecular weight excluding hydrogens is 266 g/mol. The van der Waals surface area contributed by atoms with Gasteiger partial charge in [-0.25, -0.2) is 5.43 Å². The molecule has 0 atom stereocenters. The highest BCUT2D eigenvalue weighted by atomic mass is 35.5. The van der Waals surface area contributed by atoms with Gasteiger partial charge < -0.3 is 5.32 Å². The zero-order valence-corrected chi connectivity index (χ0v) is 11.0. The van der Waals surface area contributed by atoms with E-state index in [0.29, 0.717) is 10.7 Å². The molecule has 0 unspecified atom stereocenters. The topological polar surface area (TPSA) is 70.6 Å². The fraction of sp³-hybridized carbons (Fsp3) is 0.308. The number of halogens is 1. The minimum atomic E-state index is -0.769. The van der Waals surface area contributed by atoms with Crippen LogP contribution in [0.15, 0.2) is 29.4 Å². The van der Waals surface area contributed by atoms with E-state index in [4.69, 9.17) is 11.6 Å². The summed E-state index contributed by atoms with van der Waals surface area (Å²) < 4.78 is 0. The van der Waals surface area contributed by atoms with Crippen LogP contribution in [0.5, 0.6) is 0 Å². The van der Waals surface area contributed by atoms with Gasteiger partial charge in [0, 0.05) is 16.4 Å². The van der Waals surface area contributed by atoms with E-state index < -0.39 is 11.8 Å². The Bertz CT molecular complexity index is 503. The maximum Gasteiger partial charge on any atom is 0.329 e. The maximum atomic E-state index is 11.6. The van der Waals surface area contributed by atoms with Crippen LogP contribution < -0.4 is 10.7 Å². The molecule has 0 radical (unpaired) electrons. The van der Waals surface area contributed by atoms with Gasteiger partial charge in [0.15, 0.2) is 0 Å². The van der Waals surface area contributed by atoms with Crippen LogP contribution in [0.3, 0.4) is 0 Å². The molecule has 2 N–H and O–H groups in total. The van der Waals surface area contributed by atoms with Crippen molar-refractivity contribution in [2.24, 2.45) is 5.10 Å². The largest absolute Gasteiger partial charge is 0.329 e. The van der Waals surface area contributed by atoms with Crippen LogP contribution in [0, 0.1) is 0 Å². The quantitative estimate of drug-likeness (QED) is 0.644. The van der Waals surface area contributed by atoms with Crippen molar-refractivity contribution >= 4 is 34.8 Å². The first-order valence-electron chi connectivity index (χ1n) is 6.07. The number of nitrogens with one attached hydrogen (secondary N) is 2. The molecule has 2 amide bonds. The van der Waals surface area contributed by atoms with Crippen LogP contribution >= 0.6 is 11.6 Å². The van der Waals surface area contributed by atoms with Crippen LogP contribution in [0.2, 0.25) is 5.02 Å². The van der Waals surface area contributed by atoms with Gasteiger partial charge in [0.1, 0.15) is 0 Å². The predicted octanol–water partition coefficient (Wildman–Crippen LogP) is 2.32. The van der Waals surface area contributed by atoms with Crippen molar-refractivity contribution in [1.82, 2.24) is 5.43 Å². The summed E-state index contributed by atoms with van der Waals surface area (Å²) in [7, 11) is 0. The molecule has 0 aliphatic heterocycles. The molecule has 100 valence electrons. The number of benzene rings is 1. The minimum absolute atomic E-state index is 0.512. The number of hydrogen-bond donors (Lipinski definition) is 2. The molecule has 0 heterocycles. The van der Waals surface area contributed by atoms with Crippen LogP contribution in [-0.2, 0) is 9.59 Å². The average Bonchev–Trinajstić information content (AvgIpc) is 2.91. The molecule has 19 heavy (non-hydrogen) atoms. The fourth-order valence-electron chi connectivity index (χ4n) is 1.80. The second-order valence-electron chi connectivity index (χ2n) is 4.29. The summed E-state index contributed by atoms with van der Waals surface area (Å²) in [6.07, 6.45) is 3.95. The summed E-state index contributed by atoms with van der Waals surface area (Å²) in [4.78, 5) is 23.1. The first-order valence-corrected chi connectivity index (χ1v) is 6.45. The van der Waals surface area contributed by atoms with Gasteiger partial charge in [-0.3, -0.25) is 9.59 Å². The molecular formula is C13H14ClN3O2. The van der Waals surface area contributed by atoms with E-state index in [1.807, 2.05) is 0 Å². The number of nitrogens with zero attached hydrogens (tertiary/aromatic N) is 1. The van der Waals surface area contributed by atoms with Crippen molar-refractivity contribution in [3.05, 3.63) is 29.3 Å². The number of anilines is 1. The van der Waals surface area contributed by atoms with Crippen LogP contribution in [-0.4, -0.2) is 17.5 Å². The molecule has 1 saturated carbocycles.